The van der Waals surface area contributed by atoms with Crippen LogP contribution in [-0.4, -0.2) is 53.5 Å². The van der Waals surface area contributed by atoms with Crippen molar-refractivity contribution in [3.63, 3.8) is 0 Å². The summed E-state index contributed by atoms with van der Waals surface area (Å²) in [6, 6.07) is 8.79. The van der Waals surface area contributed by atoms with E-state index < -0.39 is 21.8 Å². The summed E-state index contributed by atoms with van der Waals surface area (Å²) in [4.78, 5) is 28.8. The molecule has 29 heavy (non-hydrogen) atoms. The molecule has 0 saturated carbocycles. The smallest absolute Gasteiger partial charge is 0.354 e. The zero-order valence-electron chi connectivity index (χ0n) is 15.5. The van der Waals surface area contributed by atoms with Gasteiger partial charge in [0.05, 0.1) is 17.5 Å². The van der Waals surface area contributed by atoms with E-state index in [2.05, 4.69) is 10.1 Å². The van der Waals surface area contributed by atoms with Crippen LogP contribution < -0.4 is 0 Å². The minimum absolute atomic E-state index is 0.0205. The van der Waals surface area contributed by atoms with E-state index in [9.17, 15) is 18.0 Å². The largest absolute Gasteiger partial charge is 0.455 e. The average Bonchev–Trinajstić information content (AvgIpc) is 3.33. The van der Waals surface area contributed by atoms with Gasteiger partial charge in [0.25, 0.3) is 0 Å². The molecule has 1 aromatic carbocycles. The van der Waals surface area contributed by atoms with Gasteiger partial charge in [0, 0.05) is 18.4 Å². The molecular formula is C19H19N3O6S. The number of nitrogens with zero attached hydrogens (tertiary/aromatic N) is 3. The van der Waals surface area contributed by atoms with Crippen LogP contribution in [0.25, 0.3) is 11.5 Å². The van der Waals surface area contributed by atoms with Crippen LogP contribution in [0.4, 0.5) is 0 Å². The second kappa shape index (κ2) is 7.78. The molecule has 1 fully saturated rings. The highest BCUT2D eigenvalue weighted by atomic mass is 32.2. The number of hydrogen-bond donors (Lipinski definition) is 0. The maximum Gasteiger partial charge on any atom is 0.354 e. The number of sulfone groups is 1. The quantitative estimate of drug-likeness (QED) is 0.677. The van der Waals surface area contributed by atoms with Gasteiger partial charge in [-0.25, -0.2) is 23.2 Å². The average molecular weight is 417 g/mol. The summed E-state index contributed by atoms with van der Waals surface area (Å²) in [6.07, 6.45) is 1.98. The Bertz CT molecular complexity index is 1060. The Kier molecular flexibility index (Phi) is 5.18. The molecule has 1 aromatic heterocycles. The number of carbonyl (C=O) groups is 2. The van der Waals surface area contributed by atoms with Gasteiger partial charge in [-0.15, -0.1) is 0 Å². The maximum absolute atomic E-state index is 12.4. The number of amides is 1. The van der Waals surface area contributed by atoms with Crippen molar-refractivity contribution in [2.24, 2.45) is 5.10 Å². The number of benzene rings is 1. The molecule has 0 N–H and O–H groups in total. The zero-order valence-corrected chi connectivity index (χ0v) is 16.3. The molecule has 2 aliphatic heterocycles. The van der Waals surface area contributed by atoms with Crippen molar-refractivity contribution >= 4 is 27.4 Å². The van der Waals surface area contributed by atoms with Gasteiger partial charge in [0.2, 0.25) is 11.8 Å². The summed E-state index contributed by atoms with van der Waals surface area (Å²) in [6.45, 7) is -0.0973. The van der Waals surface area contributed by atoms with Gasteiger partial charge in [-0.3, -0.25) is 4.79 Å². The van der Waals surface area contributed by atoms with E-state index in [1.807, 2.05) is 30.3 Å². The Morgan fingerprint density at radius 2 is 2.03 bits per heavy atom. The van der Waals surface area contributed by atoms with Crippen molar-refractivity contribution < 1.29 is 27.2 Å². The highest BCUT2D eigenvalue weighted by Gasteiger charge is 2.37. The second-order valence-electron chi connectivity index (χ2n) is 6.93. The van der Waals surface area contributed by atoms with Gasteiger partial charge < -0.3 is 9.15 Å². The summed E-state index contributed by atoms with van der Waals surface area (Å²) < 4.78 is 34.0. The lowest BCUT2D eigenvalue weighted by atomic mass is 10.1. The third kappa shape index (κ3) is 4.37. The molecule has 0 bridgehead atoms. The topological polar surface area (TPSA) is 119 Å². The molecule has 4 rings (SSSR count). The van der Waals surface area contributed by atoms with Gasteiger partial charge >= 0.3 is 5.97 Å². The minimum atomic E-state index is -3.17. The zero-order chi connectivity index (χ0) is 20.4. The van der Waals surface area contributed by atoms with E-state index >= 15 is 0 Å². The molecule has 2 aromatic rings. The van der Waals surface area contributed by atoms with Crippen molar-refractivity contribution in [2.45, 2.75) is 31.9 Å². The number of aromatic nitrogens is 1. The Morgan fingerprint density at radius 1 is 1.24 bits per heavy atom. The van der Waals surface area contributed by atoms with E-state index in [1.54, 1.807) is 0 Å². The molecule has 3 heterocycles. The molecule has 10 heteroatoms. The van der Waals surface area contributed by atoms with Crippen molar-refractivity contribution in [2.75, 3.05) is 11.5 Å². The molecule has 9 nitrogen and oxygen atoms in total. The van der Waals surface area contributed by atoms with Crippen LogP contribution in [0, 0.1) is 0 Å². The van der Waals surface area contributed by atoms with Gasteiger partial charge in [0.1, 0.15) is 24.3 Å². The normalized spacial score (nSPS) is 21.1. The van der Waals surface area contributed by atoms with Crippen LogP contribution in [0.2, 0.25) is 0 Å². The number of hydrogen-bond acceptors (Lipinski definition) is 8. The highest BCUT2D eigenvalue weighted by Crippen LogP contribution is 2.23. The molecule has 1 saturated heterocycles. The van der Waals surface area contributed by atoms with Gasteiger partial charge in [-0.1, -0.05) is 18.2 Å². The summed E-state index contributed by atoms with van der Waals surface area (Å²) in [5, 5.41) is 5.23. The van der Waals surface area contributed by atoms with Crippen molar-refractivity contribution in [3.8, 4) is 11.5 Å². The number of carbonyl (C=O) groups excluding carboxylic acids is 2. The monoisotopic (exact) mass is 417 g/mol. The summed E-state index contributed by atoms with van der Waals surface area (Å²) >= 11 is 0. The Hall–Kier alpha value is -3.01. The Labute approximate surface area is 167 Å². The molecule has 1 amide bonds. The molecule has 1 atom stereocenters. The molecule has 152 valence electrons. The SMILES string of the molecule is O=C(OCc1coc(-c2ccccc2)n1)C1=NN(C2CCS(=O)(=O)C2)C(=O)CC1. The first-order valence-electron chi connectivity index (χ1n) is 9.18. The van der Waals surface area contributed by atoms with E-state index in [0.717, 1.165) is 10.6 Å². The van der Waals surface area contributed by atoms with E-state index in [1.165, 1.54) is 6.26 Å². The lowest BCUT2D eigenvalue weighted by Gasteiger charge is -2.27. The lowest BCUT2D eigenvalue weighted by Crippen LogP contribution is -2.42. The van der Waals surface area contributed by atoms with Crippen LogP contribution >= 0.6 is 0 Å². The molecule has 0 radical (unpaired) electrons. The predicted octanol–water partition coefficient (Wildman–Crippen LogP) is 1.55. The molecular weight excluding hydrogens is 398 g/mol. The van der Waals surface area contributed by atoms with E-state index in [4.69, 9.17) is 9.15 Å². The summed E-state index contributed by atoms with van der Waals surface area (Å²) in [7, 11) is -3.17. The van der Waals surface area contributed by atoms with Gasteiger partial charge in [-0.05, 0) is 18.6 Å². The number of oxazole rings is 1. The third-order valence-electron chi connectivity index (χ3n) is 4.77. The van der Waals surface area contributed by atoms with Crippen LogP contribution in [-0.2, 0) is 30.8 Å². The Morgan fingerprint density at radius 3 is 2.76 bits per heavy atom. The molecule has 0 aliphatic carbocycles. The van der Waals surface area contributed by atoms with Crippen LogP contribution in [0.1, 0.15) is 25.0 Å². The summed E-state index contributed by atoms with van der Waals surface area (Å²) in [5.74, 6) is -0.635. The second-order valence-corrected chi connectivity index (χ2v) is 9.16. The van der Waals surface area contributed by atoms with Crippen LogP contribution in [0.15, 0.2) is 46.1 Å². The van der Waals surface area contributed by atoms with E-state index in [0.29, 0.717) is 18.0 Å². The molecule has 0 spiro atoms. The number of esters is 1. The van der Waals surface area contributed by atoms with Crippen molar-refractivity contribution in [1.29, 1.82) is 0 Å². The van der Waals surface area contributed by atoms with E-state index in [-0.39, 0.29) is 42.6 Å². The standard InChI is InChI=1S/C19H19N3O6S/c23-17-7-6-16(21-22(17)15-8-9-29(25,26)12-15)19(24)28-11-14-10-27-18(20-14)13-4-2-1-3-5-13/h1-5,10,15H,6-9,11-12H2. The first-order valence-corrected chi connectivity index (χ1v) is 11.0. The number of rotatable bonds is 5. The lowest BCUT2D eigenvalue weighted by molar-refractivity contribution is -0.138. The number of hydrazone groups is 1. The maximum atomic E-state index is 12.4. The summed E-state index contributed by atoms with van der Waals surface area (Å²) in [5.41, 5.74) is 1.35. The van der Waals surface area contributed by atoms with Crippen LogP contribution in [0.5, 0.6) is 0 Å². The van der Waals surface area contributed by atoms with Crippen LogP contribution in [0.3, 0.4) is 0 Å². The Balaban J connectivity index is 1.40. The van der Waals surface area contributed by atoms with Crippen molar-refractivity contribution in [3.05, 3.63) is 42.3 Å². The van der Waals surface area contributed by atoms with Gasteiger partial charge in [0.15, 0.2) is 9.84 Å². The minimum Gasteiger partial charge on any atom is -0.455 e. The first-order chi connectivity index (χ1) is 13.9. The first kappa shape index (κ1) is 19.3. The fourth-order valence-electron chi connectivity index (χ4n) is 3.28. The molecule has 2 aliphatic rings. The van der Waals surface area contributed by atoms with Gasteiger partial charge in [-0.2, -0.15) is 5.10 Å². The predicted molar refractivity (Wildman–Crippen MR) is 102 cm³/mol. The van der Waals surface area contributed by atoms with Crippen molar-refractivity contribution in [1.82, 2.24) is 9.99 Å². The molecule has 1 unspecified atom stereocenters. The third-order valence-corrected chi connectivity index (χ3v) is 6.52. The number of ether oxygens (including phenoxy) is 1. The highest BCUT2D eigenvalue weighted by molar-refractivity contribution is 7.91. The fraction of sp³-hybridized carbons (Fsp3) is 0.368. The fourth-order valence-corrected chi connectivity index (χ4v) is 4.97.